The van der Waals surface area contributed by atoms with Gasteiger partial charge in [-0.25, -0.2) is 0 Å². The molecular formula is C13H19Cl2N3O. The lowest BCUT2D eigenvalue weighted by molar-refractivity contribution is 0.0734. The smallest absolute Gasteiger partial charge is 0.257 e. The first-order chi connectivity index (χ1) is 9.03. The maximum Gasteiger partial charge on any atom is 0.257 e. The maximum absolute atomic E-state index is 12.4. The topological polar surface area (TPSA) is 46.1 Å². The molecule has 1 rings (SSSR count). The van der Waals surface area contributed by atoms with Crippen LogP contribution in [0.4, 0.5) is 0 Å². The molecule has 0 radical (unpaired) electrons. The molecule has 0 spiro atoms. The number of aromatic nitrogens is 2. The van der Waals surface area contributed by atoms with Crippen molar-refractivity contribution in [2.24, 2.45) is 5.92 Å². The minimum atomic E-state index is -0.142. The third-order valence-electron chi connectivity index (χ3n) is 3.25. The predicted molar refractivity (Wildman–Crippen MR) is 77.7 cm³/mol. The highest BCUT2D eigenvalue weighted by molar-refractivity contribution is 6.34. The van der Waals surface area contributed by atoms with Gasteiger partial charge in [-0.15, -0.1) is 10.2 Å². The van der Waals surface area contributed by atoms with Crippen molar-refractivity contribution in [2.45, 2.75) is 33.6 Å². The van der Waals surface area contributed by atoms with Gasteiger partial charge in [-0.2, -0.15) is 0 Å². The molecule has 0 saturated carbocycles. The van der Waals surface area contributed by atoms with Crippen LogP contribution in [0.3, 0.4) is 0 Å². The van der Waals surface area contributed by atoms with E-state index >= 15 is 0 Å². The van der Waals surface area contributed by atoms with Gasteiger partial charge in [-0.3, -0.25) is 4.79 Å². The summed E-state index contributed by atoms with van der Waals surface area (Å²) in [6, 6.07) is 1.47. The Bertz CT molecular complexity index is 436. The number of carbonyl (C=O) groups is 1. The molecule has 1 amide bonds. The lowest BCUT2D eigenvalue weighted by Gasteiger charge is -2.25. The predicted octanol–water partition coefficient (Wildman–Crippen LogP) is 3.68. The fraction of sp³-hybridized carbons (Fsp3) is 0.615. The van der Waals surface area contributed by atoms with Crippen LogP contribution < -0.4 is 0 Å². The van der Waals surface area contributed by atoms with Crippen LogP contribution in [0.25, 0.3) is 0 Å². The molecule has 106 valence electrons. The van der Waals surface area contributed by atoms with Gasteiger partial charge >= 0.3 is 0 Å². The van der Waals surface area contributed by atoms with Crippen LogP contribution in [0, 0.1) is 5.92 Å². The Labute approximate surface area is 124 Å². The van der Waals surface area contributed by atoms with E-state index in [1.165, 1.54) is 6.07 Å². The molecule has 0 aliphatic carbocycles. The Morgan fingerprint density at radius 3 is 2.42 bits per heavy atom. The average Bonchev–Trinajstić information content (AvgIpc) is 2.42. The summed E-state index contributed by atoms with van der Waals surface area (Å²) in [5, 5.41) is 7.55. The van der Waals surface area contributed by atoms with E-state index in [4.69, 9.17) is 23.2 Å². The number of carbonyl (C=O) groups excluding carboxylic acids is 1. The van der Waals surface area contributed by atoms with Crippen molar-refractivity contribution in [3.8, 4) is 0 Å². The Morgan fingerprint density at radius 1 is 1.26 bits per heavy atom. The second-order valence-electron chi connectivity index (χ2n) is 4.40. The van der Waals surface area contributed by atoms with Crippen LogP contribution in [0.2, 0.25) is 10.3 Å². The zero-order chi connectivity index (χ0) is 14.4. The number of amides is 1. The maximum atomic E-state index is 12.4. The van der Waals surface area contributed by atoms with Crippen LogP contribution in [-0.2, 0) is 0 Å². The van der Waals surface area contributed by atoms with Crippen LogP contribution in [0.1, 0.15) is 44.0 Å². The molecule has 6 heteroatoms. The highest BCUT2D eigenvalue weighted by Crippen LogP contribution is 2.19. The van der Waals surface area contributed by atoms with Gasteiger partial charge in [0, 0.05) is 13.1 Å². The Hall–Kier alpha value is -0.870. The SMILES string of the molecule is CCC(CC)CN(CC)C(=O)c1cc(Cl)nnc1Cl. The van der Waals surface area contributed by atoms with Crippen molar-refractivity contribution in [2.75, 3.05) is 13.1 Å². The number of nitrogens with zero attached hydrogens (tertiary/aromatic N) is 3. The first-order valence-electron chi connectivity index (χ1n) is 6.51. The molecule has 0 saturated heterocycles. The molecule has 0 fully saturated rings. The van der Waals surface area contributed by atoms with E-state index in [1.807, 2.05) is 6.92 Å². The van der Waals surface area contributed by atoms with Gasteiger partial charge in [-0.05, 0) is 18.9 Å². The first-order valence-corrected chi connectivity index (χ1v) is 7.26. The lowest BCUT2D eigenvalue weighted by Crippen LogP contribution is -2.35. The van der Waals surface area contributed by atoms with Gasteiger partial charge in [0.25, 0.3) is 5.91 Å². The minimum Gasteiger partial charge on any atom is -0.339 e. The summed E-state index contributed by atoms with van der Waals surface area (Å²) in [5.74, 6) is 0.351. The molecule has 1 heterocycles. The molecule has 0 N–H and O–H groups in total. The lowest BCUT2D eigenvalue weighted by atomic mass is 10.0. The Kier molecular flexibility index (Phi) is 6.52. The summed E-state index contributed by atoms with van der Waals surface area (Å²) in [6.07, 6.45) is 2.09. The van der Waals surface area contributed by atoms with Crippen molar-refractivity contribution in [3.63, 3.8) is 0 Å². The van der Waals surface area contributed by atoms with Gasteiger partial charge in [0.05, 0.1) is 5.56 Å². The van der Waals surface area contributed by atoms with Gasteiger partial charge in [0.2, 0.25) is 0 Å². The second-order valence-corrected chi connectivity index (χ2v) is 5.14. The molecule has 0 aliphatic rings. The second kappa shape index (κ2) is 7.65. The summed E-state index contributed by atoms with van der Waals surface area (Å²) in [7, 11) is 0. The molecule has 1 aromatic heterocycles. The van der Waals surface area contributed by atoms with Crippen molar-refractivity contribution >= 4 is 29.1 Å². The van der Waals surface area contributed by atoms with Crippen LogP contribution in [-0.4, -0.2) is 34.1 Å². The van der Waals surface area contributed by atoms with E-state index in [0.717, 1.165) is 19.4 Å². The normalized spacial score (nSPS) is 10.8. The zero-order valence-electron chi connectivity index (χ0n) is 11.5. The molecular weight excluding hydrogens is 285 g/mol. The first kappa shape index (κ1) is 16.2. The van der Waals surface area contributed by atoms with Gasteiger partial charge in [0.15, 0.2) is 10.3 Å². The van der Waals surface area contributed by atoms with E-state index in [0.29, 0.717) is 18.0 Å². The zero-order valence-corrected chi connectivity index (χ0v) is 13.0. The molecule has 0 aliphatic heterocycles. The average molecular weight is 304 g/mol. The summed E-state index contributed by atoms with van der Waals surface area (Å²) in [6.45, 7) is 7.56. The van der Waals surface area contributed by atoms with Crippen molar-refractivity contribution < 1.29 is 4.79 Å². The number of hydrogen-bond donors (Lipinski definition) is 0. The molecule has 1 aromatic rings. The molecule has 0 unspecified atom stereocenters. The largest absolute Gasteiger partial charge is 0.339 e. The van der Waals surface area contributed by atoms with Gasteiger partial charge in [-0.1, -0.05) is 49.9 Å². The number of halogens is 2. The fourth-order valence-corrected chi connectivity index (χ4v) is 2.21. The quantitative estimate of drug-likeness (QED) is 0.805. The molecule has 0 aromatic carbocycles. The summed E-state index contributed by atoms with van der Waals surface area (Å²) in [5.41, 5.74) is 0.314. The Morgan fingerprint density at radius 2 is 1.89 bits per heavy atom. The van der Waals surface area contributed by atoms with Crippen molar-refractivity contribution in [1.29, 1.82) is 0 Å². The van der Waals surface area contributed by atoms with E-state index in [9.17, 15) is 4.79 Å². The van der Waals surface area contributed by atoms with E-state index in [2.05, 4.69) is 24.0 Å². The molecule has 4 nitrogen and oxygen atoms in total. The third-order valence-corrected chi connectivity index (χ3v) is 3.72. The third kappa shape index (κ3) is 4.32. The van der Waals surface area contributed by atoms with Crippen LogP contribution in [0.5, 0.6) is 0 Å². The summed E-state index contributed by atoms with van der Waals surface area (Å²) >= 11 is 11.7. The fourth-order valence-electron chi connectivity index (χ4n) is 1.89. The van der Waals surface area contributed by atoms with Crippen molar-refractivity contribution in [3.05, 3.63) is 21.9 Å². The molecule has 0 bridgehead atoms. The van der Waals surface area contributed by atoms with Gasteiger partial charge < -0.3 is 4.90 Å². The van der Waals surface area contributed by atoms with E-state index in [1.54, 1.807) is 4.90 Å². The Balaban J connectivity index is 2.92. The summed E-state index contributed by atoms with van der Waals surface area (Å²) in [4.78, 5) is 14.2. The highest BCUT2D eigenvalue weighted by atomic mass is 35.5. The standard InChI is InChI=1S/C13H19Cl2N3O/c1-4-9(5-2)8-18(6-3)13(19)10-7-11(14)16-17-12(10)15/h7,9H,4-6,8H2,1-3H3. The minimum absolute atomic E-state index is 0.0948. The van der Waals surface area contributed by atoms with Crippen molar-refractivity contribution in [1.82, 2.24) is 15.1 Å². The van der Waals surface area contributed by atoms with E-state index in [-0.39, 0.29) is 16.2 Å². The molecule has 19 heavy (non-hydrogen) atoms. The van der Waals surface area contributed by atoms with Crippen LogP contribution >= 0.6 is 23.2 Å². The summed E-state index contributed by atoms with van der Waals surface area (Å²) < 4.78 is 0. The number of hydrogen-bond acceptors (Lipinski definition) is 3. The number of rotatable bonds is 6. The monoisotopic (exact) mass is 303 g/mol. The molecule has 0 atom stereocenters. The van der Waals surface area contributed by atoms with Gasteiger partial charge in [0.1, 0.15) is 0 Å². The van der Waals surface area contributed by atoms with E-state index < -0.39 is 0 Å². The highest BCUT2D eigenvalue weighted by Gasteiger charge is 2.21. The van der Waals surface area contributed by atoms with Crippen LogP contribution in [0.15, 0.2) is 6.07 Å².